The lowest BCUT2D eigenvalue weighted by atomic mass is 10.2. The van der Waals surface area contributed by atoms with Gasteiger partial charge < -0.3 is 11.1 Å². The van der Waals surface area contributed by atoms with Gasteiger partial charge in [0.25, 0.3) is 0 Å². The van der Waals surface area contributed by atoms with Crippen LogP contribution in [0, 0.1) is 11.3 Å². The molecule has 1 aromatic rings. The van der Waals surface area contributed by atoms with Crippen LogP contribution < -0.4 is 11.1 Å². The number of alkyl halides is 3. The molecule has 0 saturated heterocycles. The lowest BCUT2D eigenvalue weighted by Crippen LogP contribution is -2.47. The highest BCUT2D eigenvalue weighted by molar-refractivity contribution is 7.98. The van der Waals surface area contributed by atoms with Gasteiger partial charge in [-0.15, -0.1) is 0 Å². The predicted molar refractivity (Wildman–Crippen MR) is 83.9 cm³/mol. The first-order valence-electron chi connectivity index (χ1n) is 7.31. The summed E-state index contributed by atoms with van der Waals surface area (Å²) in [5, 5.41) is 11.5. The number of nitrogens with two attached hydrogens (primary N) is 1. The largest absolute Gasteiger partial charge is 0.394 e. The van der Waals surface area contributed by atoms with E-state index >= 15 is 0 Å². The molecule has 1 fully saturated rings. The highest BCUT2D eigenvalue weighted by Crippen LogP contribution is 2.34. The Balaban J connectivity index is 1.78. The molecule has 0 radical (unpaired) electrons. The van der Waals surface area contributed by atoms with Crippen LogP contribution in [0.25, 0.3) is 0 Å². The van der Waals surface area contributed by atoms with Crippen molar-refractivity contribution in [2.45, 2.75) is 42.8 Å². The van der Waals surface area contributed by atoms with E-state index in [0.717, 1.165) is 0 Å². The van der Waals surface area contributed by atoms with Gasteiger partial charge in [-0.1, -0.05) is 6.07 Å². The summed E-state index contributed by atoms with van der Waals surface area (Å²) in [7, 11) is 0. The van der Waals surface area contributed by atoms with Gasteiger partial charge in [0.2, 0.25) is 5.91 Å². The summed E-state index contributed by atoms with van der Waals surface area (Å²) in [5.74, 6) is 0.259. The zero-order valence-electron chi connectivity index (χ0n) is 12.8. The summed E-state index contributed by atoms with van der Waals surface area (Å²) < 4.78 is 37.1. The number of nitrogens with zero attached hydrogens (tertiary/aromatic N) is 2. The molecule has 130 valence electrons. The first-order valence-corrected chi connectivity index (χ1v) is 8.47. The van der Waals surface area contributed by atoms with Gasteiger partial charge in [-0.2, -0.15) is 30.2 Å². The molecule has 0 unspecified atom stereocenters. The standard InChI is InChI=1S/C15H17F3N4OS/c16-15(17,18)6-10-2-1-3-11(21-10)7-24-8-12(20)13(23)22-14(9-19)4-5-14/h1-3,12H,4-8,20H2,(H,22,23)/t12-/m0/s1. The van der Waals surface area contributed by atoms with E-state index in [4.69, 9.17) is 11.0 Å². The van der Waals surface area contributed by atoms with Crippen molar-refractivity contribution in [2.24, 2.45) is 5.73 Å². The summed E-state index contributed by atoms with van der Waals surface area (Å²) in [6.07, 6.45) is -4.10. The second kappa shape index (κ2) is 7.40. The molecule has 2 rings (SSSR count). The van der Waals surface area contributed by atoms with Crippen molar-refractivity contribution < 1.29 is 18.0 Å². The van der Waals surface area contributed by atoms with Crippen LogP contribution in [0.5, 0.6) is 0 Å². The maximum atomic E-state index is 12.4. The van der Waals surface area contributed by atoms with E-state index in [-0.39, 0.29) is 11.6 Å². The van der Waals surface area contributed by atoms with Crippen molar-refractivity contribution >= 4 is 17.7 Å². The normalized spacial score (nSPS) is 17.0. The quantitative estimate of drug-likeness (QED) is 0.777. The molecule has 1 aliphatic carbocycles. The van der Waals surface area contributed by atoms with Crippen LogP contribution in [0.4, 0.5) is 13.2 Å². The molecular formula is C15H17F3N4OS. The molecule has 1 aromatic heterocycles. The van der Waals surface area contributed by atoms with Crippen molar-refractivity contribution in [3.05, 3.63) is 29.6 Å². The molecule has 24 heavy (non-hydrogen) atoms. The van der Waals surface area contributed by atoms with Crippen LogP contribution in [-0.2, 0) is 17.0 Å². The Kier molecular flexibility index (Phi) is 5.72. The zero-order valence-corrected chi connectivity index (χ0v) is 13.6. The lowest BCUT2D eigenvalue weighted by molar-refractivity contribution is -0.128. The Morgan fingerprint density at radius 3 is 2.71 bits per heavy atom. The molecule has 3 N–H and O–H groups in total. The van der Waals surface area contributed by atoms with E-state index in [9.17, 15) is 18.0 Å². The second-order valence-electron chi connectivity index (χ2n) is 5.72. The minimum atomic E-state index is -4.29. The summed E-state index contributed by atoms with van der Waals surface area (Å²) in [6.45, 7) is 0. The van der Waals surface area contributed by atoms with Crippen LogP contribution in [0.3, 0.4) is 0 Å². The monoisotopic (exact) mass is 358 g/mol. The number of pyridine rings is 1. The van der Waals surface area contributed by atoms with E-state index in [1.807, 2.05) is 6.07 Å². The van der Waals surface area contributed by atoms with Crippen molar-refractivity contribution in [3.63, 3.8) is 0 Å². The fourth-order valence-corrected chi connectivity index (χ4v) is 2.89. The minimum absolute atomic E-state index is 0.0349. The van der Waals surface area contributed by atoms with Gasteiger partial charge in [0, 0.05) is 17.2 Å². The average Bonchev–Trinajstić information content (AvgIpc) is 3.26. The van der Waals surface area contributed by atoms with Crippen molar-refractivity contribution in [1.29, 1.82) is 5.26 Å². The average molecular weight is 358 g/mol. The number of hydrogen-bond donors (Lipinski definition) is 2. The fraction of sp³-hybridized carbons (Fsp3) is 0.533. The molecule has 0 aliphatic heterocycles. The summed E-state index contributed by atoms with van der Waals surface area (Å²) in [4.78, 5) is 15.8. The van der Waals surface area contributed by atoms with Gasteiger partial charge in [0.15, 0.2) is 0 Å². The number of aromatic nitrogens is 1. The Hall–Kier alpha value is -1.79. The van der Waals surface area contributed by atoms with E-state index < -0.39 is 24.2 Å². The molecule has 1 atom stereocenters. The Labute approximate surface area is 141 Å². The molecule has 0 bridgehead atoms. The molecule has 5 nitrogen and oxygen atoms in total. The van der Waals surface area contributed by atoms with Crippen LogP contribution in [0.1, 0.15) is 24.2 Å². The van der Waals surface area contributed by atoms with Crippen LogP contribution in [0.15, 0.2) is 18.2 Å². The number of carbonyl (C=O) groups excluding carboxylic acids is 1. The molecule has 9 heteroatoms. The summed E-state index contributed by atoms with van der Waals surface area (Å²) >= 11 is 1.31. The van der Waals surface area contributed by atoms with Gasteiger partial charge in [-0.3, -0.25) is 9.78 Å². The molecule has 0 aromatic carbocycles. The molecule has 1 heterocycles. The van der Waals surface area contributed by atoms with Crippen molar-refractivity contribution in [2.75, 3.05) is 5.75 Å². The number of amides is 1. The third-order valence-corrected chi connectivity index (χ3v) is 4.55. The van der Waals surface area contributed by atoms with E-state index in [0.29, 0.717) is 30.0 Å². The number of thioether (sulfide) groups is 1. The van der Waals surface area contributed by atoms with Crippen LogP contribution in [0.2, 0.25) is 0 Å². The topological polar surface area (TPSA) is 91.8 Å². The van der Waals surface area contributed by atoms with Crippen molar-refractivity contribution in [1.82, 2.24) is 10.3 Å². The molecule has 1 saturated carbocycles. The number of nitrogens with one attached hydrogen (secondary N) is 1. The van der Waals surface area contributed by atoms with E-state index in [2.05, 4.69) is 10.3 Å². The maximum absolute atomic E-state index is 12.4. The Morgan fingerprint density at radius 2 is 2.12 bits per heavy atom. The van der Waals surface area contributed by atoms with Gasteiger partial charge >= 0.3 is 6.18 Å². The summed E-state index contributed by atoms with van der Waals surface area (Å²) in [6, 6.07) is 5.76. The number of halogens is 3. The first-order chi connectivity index (χ1) is 11.2. The highest BCUT2D eigenvalue weighted by Gasteiger charge is 2.45. The number of rotatable bonds is 7. The zero-order chi connectivity index (χ0) is 17.8. The Morgan fingerprint density at radius 1 is 1.46 bits per heavy atom. The third kappa shape index (κ3) is 5.69. The second-order valence-corrected chi connectivity index (χ2v) is 6.75. The number of hydrogen-bond acceptors (Lipinski definition) is 5. The first kappa shape index (κ1) is 18.5. The number of carbonyl (C=O) groups is 1. The third-order valence-electron chi connectivity index (χ3n) is 3.46. The molecular weight excluding hydrogens is 341 g/mol. The maximum Gasteiger partial charge on any atom is 0.394 e. The summed E-state index contributed by atoms with van der Waals surface area (Å²) in [5.41, 5.74) is 5.49. The molecule has 1 amide bonds. The molecule has 1 aliphatic rings. The van der Waals surface area contributed by atoms with Gasteiger partial charge in [0.1, 0.15) is 5.54 Å². The minimum Gasteiger partial charge on any atom is -0.336 e. The van der Waals surface area contributed by atoms with E-state index in [1.165, 1.54) is 23.9 Å². The smallest absolute Gasteiger partial charge is 0.336 e. The number of nitriles is 1. The highest BCUT2D eigenvalue weighted by atomic mass is 32.2. The lowest BCUT2D eigenvalue weighted by Gasteiger charge is -2.14. The van der Waals surface area contributed by atoms with Gasteiger partial charge in [-0.25, -0.2) is 0 Å². The van der Waals surface area contributed by atoms with E-state index in [1.54, 1.807) is 6.07 Å². The fourth-order valence-electron chi connectivity index (χ4n) is 2.00. The van der Waals surface area contributed by atoms with Gasteiger partial charge in [0.05, 0.1) is 24.2 Å². The molecule has 0 spiro atoms. The van der Waals surface area contributed by atoms with Crippen LogP contribution >= 0.6 is 11.8 Å². The van der Waals surface area contributed by atoms with Crippen molar-refractivity contribution in [3.8, 4) is 6.07 Å². The SMILES string of the molecule is N#CC1(NC(=O)[C@@H](N)CSCc2cccc(CC(F)(F)F)n2)CC1. The predicted octanol–water partition coefficient (Wildman–Crippen LogP) is 1.92. The van der Waals surface area contributed by atoms with Crippen LogP contribution in [-0.4, -0.2) is 34.4 Å². The Bertz CT molecular complexity index is 640. The van der Waals surface area contributed by atoms with Gasteiger partial charge in [-0.05, 0) is 25.0 Å².